The Morgan fingerprint density at radius 2 is 1.36 bits per heavy atom. The zero-order valence-electron chi connectivity index (χ0n) is 12.6. The van der Waals surface area contributed by atoms with Crippen LogP contribution in [0.5, 0.6) is 0 Å². The zero-order valence-corrected chi connectivity index (χ0v) is 12.6. The van der Waals surface area contributed by atoms with E-state index in [0.29, 0.717) is 6.04 Å². The van der Waals surface area contributed by atoms with Crippen LogP contribution in [0.3, 0.4) is 0 Å². The highest BCUT2D eigenvalue weighted by Gasteiger charge is 2.37. The van der Waals surface area contributed by atoms with Crippen molar-refractivity contribution in [3.8, 4) is 0 Å². The Hall–Kier alpha value is -2.13. The number of nitrogens with zero attached hydrogens (tertiary/aromatic N) is 1. The van der Waals surface area contributed by atoms with Gasteiger partial charge in [-0.2, -0.15) is 0 Å². The Kier molecular flexibility index (Phi) is 4.54. The molecule has 22 heavy (non-hydrogen) atoms. The molecule has 0 spiro atoms. The van der Waals surface area contributed by atoms with Crippen molar-refractivity contribution in [1.29, 1.82) is 0 Å². The average molecular weight is 295 g/mol. The van der Waals surface area contributed by atoms with Crippen LogP contribution in [0.15, 0.2) is 60.7 Å². The second-order valence-corrected chi connectivity index (χ2v) is 6.04. The molecule has 0 unspecified atom stereocenters. The monoisotopic (exact) mass is 295 g/mol. The third-order valence-electron chi connectivity index (χ3n) is 4.44. The fraction of sp³-hybridized carbons (Fsp3) is 0.316. The number of hydrogen-bond acceptors (Lipinski definition) is 2. The van der Waals surface area contributed by atoms with E-state index in [1.165, 1.54) is 11.1 Å². The molecule has 0 heterocycles. The van der Waals surface area contributed by atoms with Gasteiger partial charge in [0.05, 0.1) is 5.92 Å². The lowest BCUT2D eigenvalue weighted by Gasteiger charge is -2.41. The number of benzene rings is 2. The van der Waals surface area contributed by atoms with Gasteiger partial charge in [-0.05, 0) is 24.0 Å². The molecule has 3 rings (SSSR count). The maximum absolute atomic E-state index is 11.0. The number of hydrogen-bond donors (Lipinski definition) is 1. The van der Waals surface area contributed by atoms with Gasteiger partial charge in [-0.15, -0.1) is 0 Å². The summed E-state index contributed by atoms with van der Waals surface area (Å²) in [5.41, 5.74) is 2.55. The van der Waals surface area contributed by atoms with Crippen LogP contribution in [0.25, 0.3) is 0 Å². The Morgan fingerprint density at radius 3 is 1.77 bits per heavy atom. The van der Waals surface area contributed by atoms with Crippen LogP contribution in [0.1, 0.15) is 24.0 Å². The highest BCUT2D eigenvalue weighted by atomic mass is 16.4. The third-order valence-corrected chi connectivity index (χ3v) is 4.44. The zero-order chi connectivity index (χ0) is 15.4. The van der Waals surface area contributed by atoms with Gasteiger partial charge in [0, 0.05) is 19.1 Å². The van der Waals surface area contributed by atoms with Gasteiger partial charge >= 0.3 is 5.97 Å². The number of carboxylic acid groups (broad SMARTS) is 1. The smallest absolute Gasteiger partial charge is 0.306 e. The highest BCUT2D eigenvalue weighted by Crippen LogP contribution is 2.33. The maximum atomic E-state index is 11.0. The first kappa shape index (κ1) is 14.8. The van der Waals surface area contributed by atoms with Crippen molar-refractivity contribution in [1.82, 2.24) is 4.90 Å². The SMILES string of the molecule is O=C(O)C1CC(N(Cc2ccccc2)Cc2ccccc2)C1. The quantitative estimate of drug-likeness (QED) is 0.886. The second kappa shape index (κ2) is 6.75. The van der Waals surface area contributed by atoms with Crippen LogP contribution in [-0.2, 0) is 17.9 Å². The van der Waals surface area contributed by atoms with Crippen molar-refractivity contribution in [2.75, 3.05) is 0 Å². The summed E-state index contributed by atoms with van der Waals surface area (Å²) in [7, 11) is 0. The van der Waals surface area contributed by atoms with Crippen LogP contribution >= 0.6 is 0 Å². The highest BCUT2D eigenvalue weighted by molar-refractivity contribution is 5.71. The molecule has 0 amide bonds. The van der Waals surface area contributed by atoms with E-state index in [-0.39, 0.29) is 5.92 Å². The largest absolute Gasteiger partial charge is 0.481 e. The minimum Gasteiger partial charge on any atom is -0.481 e. The molecular formula is C19H21NO2. The Balaban J connectivity index is 1.70. The lowest BCUT2D eigenvalue weighted by Crippen LogP contribution is -2.46. The first-order valence-corrected chi connectivity index (χ1v) is 7.77. The Labute approximate surface area is 131 Å². The molecule has 0 atom stereocenters. The van der Waals surface area contributed by atoms with Gasteiger partial charge in [0.25, 0.3) is 0 Å². The molecule has 1 N–H and O–H groups in total. The number of carbonyl (C=O) groups is 1. The van der Waals surface area contributed by atoms with E-state index in [2.05, 4.69) is 53.4 Å². The minimum atomic E-state index is -0.657. The maximum Gasteiger partial charge on any atom is 0.306 e. The summed E-state index contributed by atoms with van der Waals surface area (Å²) in [5, 5.41) is 9.09. The normalized spacial score (nSPS) is 20.6. The second-order valence-electron chi connectivity index (χ2n) is 6.04. The molecule has 0 aromatic heterocycles. The van der Waals surface area contributed by atoms with Crippen LogP contribution in [-0.4, -0.2) is 22.0 Å². The molecule has 0 aliphatic heterocycles. The van der Waals surface area contributed by atoms with Crippen LogP contribution < -0.4 is 0 Å². The fourth-order valence-corrected chi connectivity index (χ4v) is 3.04. The first-order chi connectivity index (χ1) is 10.7. The third kappa shape index (κ3) is 3.55. The lowest BCUT2D eigenvalue weighted by atomic mass is 9.79. The predicted octanol–water partition coefficient (Wildman–Crippen LogP) is 3.55. The van der Waals surface area contributed by atoms with E-state index in [0.717, 1.165) is 25.9 Å². The van der Waals surface area contributed by atoms with E-state index in [1.807, 2.05) is 12.1 Å². The molecule has 1 fully saturated rings. The van der Waals surface area contributed by atoms with Gasteiger partial charge in [0.1, 0.15) is 0 Å². The summed E-state index contributed by atoms with van der Waals surface area (Å²) >= 11 is 0. The van der Waals surface area contributed by atoms with E-state index in [1.54, 1.807) is 0 Å². The molecule has 0 bridgehead atoms. The molecule has 0 radical (unpaired) electrons. The summed E-state index contributed by atoms with van der Waals surface area (Å²) in [5.74, 6) is -0.824. The van der Waals surface area contributed by atoms with E-state index in [9.17, 15) is 4.79 Å². The molecule has 114 valence electrons. The van der Waals surface area contributed by atoms with Gasteiger partial charge in [0.15, 0.2) is 0 Å². The first-order valence-electron chi connectivity index (χ1n) is 7.77. The van der Waals surface area contributed by atoms with Gasteiger partial charge in [-0.1, -0.05) is 60.7 Å². The summed E-state index contributed by atoms with van der Waals surface area (Å²) in [6, 6.07) is 21.1. The average Bonchev–Trinajstić information content (AvgIpc) is 2.47. The number of carboxylic acids is 1. The van der Waals surface area contributed by atoms with Crippen molar-refractivity contribution in [3.63, 3.8) is 0 Å². The molecule has 1 saturated carbocycles. The van der Waals surface area contributed by atoms with Gasteiger partial charge < -0.3 is 5.11 Å². The summed E-state index contributed by atoms with van der Waals surface area (Å²) in [6.45, 7) is 1.74. The number of aliphatic carboxylic acids is 1. The van der Waals surface area contributed by atoms with Crippen molar-refractivity contribution >= 4 is 5.97 Å². The predicted molar refractivity (Wildman–Crippen MR) is 86.3 cm³/mol. The minimum absolute atomic E-state index is 0.168. The molecule has 3 heteroatoms. The van der Waals surface area contributed by atoms with Crippen molar-refractivity contribution in [2.24, 2.45) is 5.92 Å². The molecule has 3 nitrogen and oxygen atoms in total. The standard InChI is InChI=1S/C19H21NO2/c21-19(22)17-11-18(12-17)20(13-15-7-3-1-4-8-15)14-16-9-5-2-6-10-16/h1-10,17-18H,11-14H2,(H,21,22). The molecular weight excluding hydrogens is 274 g/mol. The topological polar surface area (TPSA) is 40.5 Å². The molecule has 1 aliphatic carbocycles. The Bertz CT molecular complexity index is 564. The van der Waals surface area contributed by atoms with Gasteiger partial charge in [-0.25, -0.2) is 0 Å². The summed E-state index contributed by atoms with van der Waals surface area (Å²) in [6.07, 6.45) is 1.52. The van der Waals surface area contributed by atoms with Crippen LogP contribution in [0.2, 0.25) is 0 Å². The fourth-order valence-electron chi connectivity index (χ4n) is 3.04. The van der Waals surface area contributed by atoms with Crippen molar-refractivity contribution in [3.05, 3.63) is 71.8 Å². The van der Waals surface area contributed by atoms with Gasteiger partial charge in [-0.3, -0.25) is 9.69 Å². The van der Waals surface area contributed by atoms with Crippen molar-refractivity contribution in [2.45, 2.75) is 32.0 Å². The molecule has 0 saturated heterocycles. The van der Waals surface area contributed by atoms with E-state index < -0.39 is 5.97 Å². The van der Waals surface area contributed by atoms with Crippen LogP contribution in [0, 0.1) is 5.92 Å². The molecule has 1 aliphatic rings. The number of rotatable bonds is 6. The molecule has 2 aromatic carbocycles. The summed E-state index contributed by atoms with van der Waals surface area (Å²) < 4.78 is 0. The van der Waals surface area contributed by atoms with E-state index in [4.69, 9.17) is 5.11 Å². The van der Waals surface area contributed by atoms with Crippen LogP contribution in [0.4, 0.5) is 0 Å². The lowest BCUT2D eigenvalue weighted by molar-refractivity contribution is -0.147. The summed E-state index contributed by atoms with van der Waals surface area (Å²) in [4.78, 5) is 13.5. The molecule has 2 aromatic rings. The Morgan fingerprint density at radius 1 is 0.909 bits per heavy atom. The van der Waals surface area contributed by atoms with Crippen molar-refractivity contribution < 1.29 is 9.90 Å². The van der Waals surface area contributed by atoms with Gasteiger partial charge in [0.2, 0.25) is 0 Å². The van der Waals surface area contributed by atoms with E-state index >= 15 is 0 Å².